The number of hydrazine groups is 1. The molecular formula is C20H24N4O2S. The molecule has 0 bridgehead atoms. The normalized spacial score (nSPS) is 10.8. The van der Waals surface area contributed by atoms with Crippen LogP contribution in [0.5, 0.6) is 5.75 Å². The molecule has 3 aromatic rings. The standard InChI is InChI=1S/C20H24N4O2S/c1-4-5-9-26-15-8-6-7-14(11-15)19(25)23-17-12(2)10-16-18(13(17)3)27-20(22-16)24-21/h6-8,10-11H,4-5,9,21H2,1-3H3,(H,22,24)(H,23,25). The largest absolute Gasteiger partial charge is 0.494 e. The molecule has 0 aliphatic heterocycles. The van der Waals surface area contributed by atoms with Crippen LogP contribution in [0.1, 0.15) is 41.3 Å². The predicted octanol–water partition coefficient (Wildman–Crippen LogP) is 4.63. The van der Waals surface area contributed by atoms with Gasteiger partial charge in [0.15, 0.2) is 5.13 Å². The lowest BCUT2D eigenvalue weighted by atomic mass is 10.1. The van der Waals surface area contributed by atoms with Crippen molar-refractivity contribution in [3.05, 3.63) is 47.0 Å². The van der Waals surface area contributed by atoms with Crippen LogP contribution in [0.3, 0.4) is 0 Å². The summed E-state index contributed by atoms with van der Waals surface area (Å²) in [4.78, 5) is 17.2. The Morgan fingerprint density at radius 1 is 1.30 bits per heavy atom. The number of thiazole rings is 1. The minimum absolute atomic E-state index is 0.164. The minimum atomic E-state index is -0.164. The molecule has 0 unspecified atom stereocenters. The third kappa shape index (κ3) is 4.20. The molecule has 0 atom stereocenters. The number of anilines is 2. The first kappa shape index (κ1) is 19.1. The number of fused-ring (bicyclic) bond motifs is 1. The van der Waals surface area contributed by atoms with Crippen LogP contribution in [0, 0.1) is 13.8 Å². The number of carbonyl (C=O) groups is 1. The molecule has 1 aromatic heterocycles. The highest BCUT2D eigenvalue weighted by atomic mass is 32.1. The fourth-order valence-corrected chi connectivity index (χ4v) is 3.75. The second-order valence-electron chi connectivity index (χ2n) is 6.39. The highest BCUT2D eigenvalue weighted by Crippen LogP contribution is 2.35. The fourth-order valence-electron chi connectivity index (χ4n) is 2.89. The van der Waals surface area contributed by atoms with Crippen molar-refractivity contribution < 1.29 is 9.53 Å². The molecule has 2 aromatic carbocycles. The summed E-state index contributed by atoms with van der Waals surface area (Å²) in [7, 11) is 0. The molecule has 0 aliphatic rings. The summed E-state index contributed by atoms with van der Waals surface area (Å²) in [6, 6.07) is 9.22. The van der Waals surface area contributed by atoms with Crippen LogP contribution in [-0.2, 0) is 0 Å². The number of carbonyl (C=O) groups excluding carboxylic acids is 1. The number of rotatable bonds is 7. The molecule has 4 N–H and O–H groups in total. The fraction of sp³-hybridized carbons (Fsp3) is 0.300. The van der Waals surface area contributed by atoms with Gasteiger partial charge in [-0.15, -0.1) is 0 Å². The van der Waals surface area contributed by atoms with Gasteiger partial charge in [-0.3, -0.25) is 10.2 Å². The SMILES string of the molecule is CCCCOc1cccc(C(=O)Nc2c(C)cc3nc(NN)sc3c2C)c1. The molecule has 7 heteroatoms. The lowest BCUT2D eigenvalue weighted by Crippen LogP contribution is -2.14. The van der Waals surface area contributed by atoms with E-state index < -0.39 is 0 Å². The van der Waals surface area contributed by atoms with E-state index in [1.165, 1.54) is 11.3 Å². The smallest absolute Gasteiger partial charge is 0.255 e. The number of aromatic nitrogens is 1. The Bertz CT molecular complexity index is 968. The molecule has 1 amide bonds. The Labute approximate surface area is 162 Å². The minimum Gasteiger partial charge on any atom is -0.494 e. The second kappa shape index (κ2) is 8.37. The van der Waals surface area contributed by atoms with Gasteiger partial charge in [0.1, 0.15) is 5.75 Å². The van der Waals surface area contributed by atoms with Crippen molar-refractivity contribution in [2.45, 2.75) is 33.6 Å². The molecule has 1 heterocycles. The van der Waals surface area contributed by atoms with E-state index in [-0.39, 0.29) is 5.91 Å². The maximum Gasteiger partial charge on any atom is 0.255 e. The zero-order valence-corrected chi connectivity index (χ0v) is 16.6. The van der Waals surface area contributed by atoms with Crippen molar-refractivity contribution >= 4 is 38.3 Å². The summed E-state index contributed by atoms with van der Waals surface area (Å²) in [5, 5.41) is 3.69. The van der Waals surface area contributed by atoms with Crippen LogP contribution in [0.4, 0.5) is 10.8 Å². The Kier molecular flexibility index (Phi) is 5.93. The number of hydrogen-bond donors (Lipinski definition) is 3. The van der Waals surface area contributed by atoms with Gasteiger partial charge >= 0.3 is 0 Å². The third-order valence-corrected chi connectivity index (χ3v) is 5.46. The van der Waals surface area contributed by atoms with Gasteiger partial charge in [-0.25, -0.2) is 10.8 Å². The topological polar surface area (TPSA) is 89.3 Å². The summed E-state index contributed by atoms with van der Waals surface area (Å²) >= 11 is 1.46. The number of unbranched alkanes of at least 4 members (excludes halogenated alkanes) is 1. The monoisotopic (exact) mass is 384 g/mol. The molecule has 0 spiro atoms. The van der Waals surface area contributed by atoms with Crippen molar-refractivity contribution in [1.29, 1.82) is 0 Å². The van der Waals surface area contributed by atoms with Crippen LogP contribution < -0.4 is 21.3 Å². The first-order valence-corrected chi connectivity index (χ1v) is 9.76. The molecule has 3 rings (SSSR count). The van der Waals surface area contributed by atoms with Gasteiger partial charge < -0.3 is 10.1 Å². The number of benzene rings is 2. The zero-order chi connectivity index (χ0) is 19.4. The van der Waals surface area contributed by atoms with E-state index in [1.807, 2.05) is 32.0 Å². The number of ether oxygens (including phenoxy) is 1. The Hall–Kier alpha value is -2.64. The number of nitrogen functional groups attached to an aromatic ring is 1. The number of amides is 1. The van der Waals surface area contributed by atoms with Gasteiger partial charge in [0.2, 0.25) is 0 Å². The van der Waals surface area contributed by atoms with Crippen molar-refractivity contribution in [2.24, 2.45) is 5.84 Å². The first-order chi connectivity index (χ1) is 13.0. The zero-order valence-electron chi connectivity index (χ0n) is 15.8. The highest BCUT2D eigenvalue weighted by molar-refractivity contribution is 7.22. The lowest BCUT2D eigenvalue weighted by Gasteiger charge is -2.13. The van der Waals surface area contributed by atoms with E-state index in [0.29, 0.717) is 23.1 Å². The molecular weight excluding hydrogens is 360 g/mol. The molecule has 142 valence electrons. The Morgan fingerprint density at radius 3 is 2.85 bits per heavy atom. The summed E-state index contributed by atoms with van der Waals surface area (Å²) in [5.74, 6) is 6.02. The maximum atomic E-state index is 12.8. The van der Waals surface area contributed by atoms with E-state index in [4.69, 9.17) is 10.6 Å². The van der Waals surface area contributed by atoms with E-state index >= 15 is 0 Å². The van der Waals surface area contributed by atoms with Gasteiger partial charge in [0.25, 0.3) is 5.91 Å². The van der Waals surface area contributed by atoms with E-state index in [0.717, 1.165) is 39.9 Å². The van der Waals surface area contributed by atoms with Gasteiger partial charge in [-0.2, -0.15) is 0 Å². The number of hydrogen-bond acceptors (Lipinski definition) is 6. The average Bonchev–Trinajstić information content (AvgIpc) is 3.08. The number of nitrogens with zero attached hydrogens (tertiary/aromatic N) is 1. The van der Waals surface area contributed by atoms with Gasteiger partial charge in [-0.1, -0.05) is 30.7 Å². The highest BCUT2D eigenvalue weighted by Gasteiger charge is 2.15. The number of nitrogens with one attached hydrogen (secondary N) is 2. The Balaban J connectivity index is 1.84. The molecule has 6 nitrogen and oxygen atoms in total. The van der Waals surface area contributed by atoms with Gasteiger partial charge in [0.05, 0.1) is 16.8 Å². The average molecular weight is 385 g/mol. The van der Waals surface area contributed by atoms with E-state index in [2.05, 4.69) is 22.7 Å². The lowest BCUT2D eigenvalue weighted by molar-refractivity contribution is 0.102. The van der Waals surface area contributed by atoms with Crippen LogP contribution in [0.2, 0.25) is 0 Å². The number of aryl methyl sites for hydroxylation is 2. The summed E-state index contributed by atoms with van der Waals surface area (Å²) < 4.78 is 6.70. The van der Waals surface area contributed by atoms with Crippen molar-refractivity contribution in [2.75, 3.05) is 17.3 Å². The summed E-state index contributed by atoms with van der Waals surface area (Å²) in [6.07, 6.45) is 2.06. The first-order valence-electron chi connectivity index (χ1n) is 8.95. The number of nitrogens with two attached hydrogens (primary N) is 1. The summed E-state index contributed by atoms with van der Waals surface area (Å²) in [6.45, 7) is 6.71. The molecule has 0 fully saturated rings. The summed E-state index contributed by atoms with van der Waals surface area (Å²) in [5.41, 5.74) is 6.75. The van der Waals surface area contributed by atoms with Crippen molar-refractivity contribution in [3.8, 4) is 5.75 Å². The van der Waals surface area contributed by atoms with E-state index in [9.17, 15) is 4.79 Å². The molecule has 27 heavy (non-hydrogen) atoms. The van der Waals surface area contributed by atoms with Crippen LogP contribution in [0.15, 0.2) is 30.3 Å². The van der Waals surface area contributed by atoms with Gasteiger partial charge in [-0.05, 0) is 55.7 Å². The van der Waals surface area contributed by atoms with Crippen LogP contribution in [-0.4, -0.2) is 17.5 Å². The molecule has 0 saturated carbocycles. The maximum absolute atomic E-state index is 12.8. The molecule has 0 radical (unpaired) electrons. The quantitative estimate of drug-likeness (QED) is 0.314. The molecule has 0 aliphatic carbocycles. The van der Waals surface area contributed by atoms with Gasteiger partial charge in [0, 0.05) is 11.3 Å². The third-order valence-electron chi connectivity index (χ3n) is 4.34. The van der Waals surface area contributed by atoms with E-state index in [1.54, 1.807) is 12.1 Å². The predicted molar refractivity (Wildman–Crippen MR) is 112 cm³/mol. The van der Waals surface area contributed by atoms with Crippen LogP contribution in [0.25, 0.3) is 10.2 Å². The van der Waals surface area contributed by atoms with Crippen LogP contribution >= 0.6 is 11.3 Å². The molecule has 0 saturated heterocycles. The van der Waals surface area contributed by atoms with Crippen molar-refractivity contribution in [1.82, 2.24) is 4.98 Å². The Morgan fingerprint density at radius 2 is 2.11 bits per heavy atom. The second-order valence-corrected chi connectivity index (χ2v) is 7.39. The van der Waals surface area contributed by atoms with Crippen molar-refractivity contribution in [3.63, 3.8) is 0 Å².